The summed E-state index contributed by atoms with van der Waals surface area (Å²) >= 11 is -1.65. The van der Waals surface area contributed by atoms with Gasteiger partial charge in [-0.15, -0.1) is 0 Å². The summed E-state index contributed by atoms with van der Waals surface area (Å²) in [5.74, 6) is 0.123. The van der Waals surface area contributed by atoms with Crippen molar-refractivity contribution in [3.05, 3.63) is 57.0 Å². The summed E-state index contributed by atoms with van der Waals surface area (Å²) < 4.78 is 4.99. The number of rotatable bonds is 4. The number of benzene rings is 1. The molecule has 1 aromatic carbocycles. The van der Waals surface area contributed by atoms with Crippen LogP contribution < -0.4 is 28.6 Å². The molecule has 0 heterocycles. The van der Waals surface area contributed by atoms with E-state index in [9.17, 15) is 4.79 Å². The Morgan fingerprint density at radius 2 is 1.84 bits per heavy atom. The first-order chi connectivity index (χ1) is 10.7. The SMILES string of the molecule is CC1=CC[C]([Ti+2]([NH]C(=O)c2cccc(C(C)(C)C)c2)[SiH](C)C)=C1.[Cl-].[Cl-]. The van der Waals surface area contributed by atoms with E-state index in [1.54, 1.807) is 0 Å². The van der Waals surface area contributed by atoms with Gasteiger partial charge in [0.15, 0.2) is 0 Å². The van der Waals surface area contributed by atoms with Gasteiger partial charge in [0.1, 0.15) is 0 Å². The van der Waals surface area contributed by atoms with Crippen molar-refractivity contribution < 1.29 is 47.0 Å². The fourth-order valence-electron chi connectivity index (χ4n) is 2.77. The molecular weight excluding hydrogens is 405 g/mol. The Hall–Kier alpha value is -0.319. The van der Waals surface area contributed by atoms with Gasteiger partial charge in [-0.05, 0) is 0 Å². The predicted octanol–water partition coefficient (Wildman–Crippen LogP) is -1.53. The predicted molar refractivity (Wildman–Crippen MR) is 97.9 cm³/mol. The van der Waals surface area contributed by atoms with Crippen LogP contribution in [-0.2, 0) is 22.8 Å². The van der Waals surface area contributed by atoms with Crippen LogP contribution in [0.1, 0.15) is 50.0 Å². The molecule has 6 heteroatoms. The summed E-state index contributed by atoms with van der Waals surface area (Å²) in [5.41, 5.74) is 3.44. The van der Waals surface area contributed by atoms with Crippen molar-refractivity contribution in [2.45, 2.75) is 52.6 Å². The van der Waals surface area contributed by atoms with Gasteiger partial charge in [0.05, 0.1) is 0 Å². The minimum Gasteiger partial charge on any atom is -1.00 e. The summed E-state index contributed by atoms with van der Waals surface area (Å²) in [4.78, 5) is 12.8. The maximum Gasteiger partial charge on any atom is -1.00 e. The molecule has 1 aromatic rings. The number of nitrogens with one attached hydrogen (secondary N) is 1. The number of hydrogen-bond donors (Lipinski definition) is 1. The maximum absolute atomic E-state index is 12.8. The number of amides is 1. The molecule has 25 heavy (non-hydrogen) atoms. The first-order valence-corrected chi connectivity index (χ1v) is 15.5. The number of allylic oxidation sites excluding steroid dienone is 4. The van der Waals surface area contributed by atoms with Gasteiger partial charge < -0.3 is 24.8 Å². The van der Waals surface area contributed by atoms with Crippen molar-refractivity contribution in [3.63, 3.8) is 0 Å². The number of carbonyl (C=O) groups excluding carboxylic acids is 1. The number of hydrogen-bond acceptors (Lipinski definition) is 1. The van der Waals surface area contributed by atoms with E-state index in [1.807, 2.05) is 12.1 Å². The molecule has 2 nitrogen and oxygen atoms in total. The monoisotopic (exact) mass is 432 g/mol. The first-order valence-electron chi connectivity index (χ1n) is 8.35. The van der Waals surface area contributed by atoms with Gasteiger partial charge in [-0.3, -0.25) is 0 Å². The number of halogens is 2. The third-order valence-electron chi connectivity index (χ3n) is 4.21. The van der Waals surface area contributed by atoms with Gasteiger partial charge in [0, 0.05) is 0 Å². The van der Waals surface area contributed by atoms with Crippen molar-refractivity contribution >= 4 is 12.6 Å². The molecule has 0 unspecified atom stereocenters. The van der Waals surface area contributed by atoms with E-state index in [0.29, 0.717) is 0 Å². The molecule has 0 saturated carbocycles. The van der Waals surface area contributed by atoms with Crippen LogP contribution in [-0.4, -0.2) is 12.6 Å². The minimum absolute atomic E-state index is 0. The van der Waals surface area contributed by atoms with Gasteiger partial charge in [-0.25, -0.2) is 0 Å². The Morgan fingerprint density at radius 3 is 2.32 bits per heavy atom. The molecule has 0 atom stereocenters. The Labute approximate surface area is 172 Å². The maximum atomic E-state index is 12.8. The molecule has 1 aliphatic rings. The van der Waals surface area contributed by atoms with E-state index >= 15 is 0 Å². The minimum atomic E-state index is -1.65. The third kappa shape index (κ3) is 6.73. The molecule has 0 spiro atoms. The van der Waals surface area contributed by atoms with Gasteiger partial charge >= 0.3 is 148 Å². The van der Waals surface area contributed by atoms with Crippen LogP contribution in [0.15, 0.2) is 45.9 Å². The van der Waals surface area contributed by atoms with Crippen molar-refractivity contribution in [2.24, 2.45) is 0 Å². The smallest absolute Gasteiger partial charge is 1.00 e. The molecule has 0 aromatic heterocycles. The van der Waals surface area contributed by atoms with Crippen molar-refractivity contribution in [1.29, 1.82) is 0 Å². The van der Waals surface area contributed by atoms with Crippen molar-refractivity contribution in [2.75, 3.05) is 0 Å². The van der Waals surface area contributed by atoms with E-state index in [-0.39, 0.29) is 36.1 Å². The van der Waals surface area contributed by atoms with E-state index in [2.05, 4.69) is 68.9 Å². The van der Waals surface area contributed by atoms with Gasteiger partial charge in [-0.1, -0.05) is 0 Å². The summed E-state index contributed by atoms with van der Waals surface area (Å²) in [5, 5.41) is 0. The van der Waals surface area contributed by atoms with Gasteiger partial charge in [0.2, 0.25) is 0 Å². The van der Waals surface area contributed by atoms with Crippen LogP contribution in [0.25, 0.3) is 0 Å². The average Bonchev–Trinajstić information content (AvgIpc) is 2.89. The molecule has 0 fully saturated rings. The molecule has 1 amide bonds. The zero-order chi connectivity index (χ0) is 17.2. The van der Waals surface area contributed by atoms with Crippen LogP contribution in [0, 0.1) is 0 Å². The summed E-state index contributed by atoms with van der Waals surface area (Å²) in [6.07, 6.45) is 5.65. The number of carbonyl (C=O) groups is 1. The fourth-order valence-corrected chi connectivity index (χ4v) is 12.0. The Kier molecular flexibility index (Phi) is 10.00. The molecule has 0 bridgehead atoms. The molecule has 0 saturated heterocycles. The summed E-state index contributed by atoms with van der Waals surface area (Å²) in [7, 11) is 0. The van der Waals surface area contributed by atoms with Crippen LogP contribution >= 0.6 is 0 Å². The van der Waals surface area contributed by atoms with E-state index in [0.717, 1.165) is 12.0 Å². The van der Waals surface area contributed by atoms with Gasteiger partial charge in [0.25, 0.3) is 0 Å². The van der Waals surface area contributed by atoms with Crippen molar-refractivity contribution in [3.8, 4) is 0 Å². The van der Waals surface area contributed by atoms with Gasteiger partial charge in [-0.2, -0.15) is 0 Å². The third-order valence-corrected chi connectivity index (χ3v) is 15.3. The molecular formula is C19H28Cl2NOSiTi. The Morgan fingerprint density at radius 1 is 1.20 bits per heavy atom. The molecule has 1 N–H and O–H groups in total. The second kappa shape index (κ2) is 10.1. The van der Waals surface area contributed by atoms with Crippen LogP contribution in [0.4, 0.5) is 0 Å². The van der Waals surface area contributed by atoms with E-state index in [4.69, 9.17) is 0 Å². The zero-order valence-electron chi connectivity index (χ0n) is 15.9. The topological polar surface area (TPSA) is 29.1 Å². The normalized spacial score (nSPS) is 13.4. The summed E-state index contributed by atoms with van der Waals surface area (Å²) in [6, 6.07) is 8.11. The summed E-state index contributed by atoms with van der Waals surface area (Å²) in [6.45, 7) is 12.6. The molecule has 2 rings (SSSR count). The average molecular weight is 433 g/mol. The Bertz CT molecular complexity index is 666. The Balaban J connectivity index is 0.00000288. The molecule has 0 aliphatic heterocycles. The van der Waals surface area contributed by atoms with Crippen molar-refractivity contribution in [1.82, 2.24) is 3.80 Å². The molecule has 1 aliphatic carbocycles. The standard InChI is InChI=1S/C11H15NO.C6H7.C2H7Si.2ClH.Ti/c1-11(2,3)9-6-4-5-8(7-9)10(12)13;1-6-4-2-3-5-6;1-3-2;;;/h4-7H,1-3H3,(H2,12,13);4-5H,2H2,1H3;3H,1-2H3;2*1H;/q;;;;;+3/p-3. The largest absolute Gasteiger partial charge is 1.00 e. The first kappa shape index (κ1) is 24.7. The second-order valence-corrected chi connectivity index (χ2v) is 20.5. The fraction of sp³-hybridized carbons (Fsp3) is 0.421. The zero-order valence-corrected chi connectivity index (χ0v) is 20.1. The van der Waals surface area contributed by atoms with E-state index < -0.39 is 24.0 Å². The quantitative estimate of drug-likeness (QED) is 0.574. The van der Waals surface area contributed by atoms with E-state index in [1.165, 1.54) is 15.0 Å². The van der Waals surface area contributed by atoms with Crippen LogP contribution in [0.5, 0.6) is 0 Å². The van der Waals surface area contributed by atoms with Crippen LogP contribution in [0.3, 0.4) is 0 Å². The second-order valence-electron chi connectivity index (χ2n) is 7.68. The van der Waals surface area contributed by atoms with Crippen LogP contribution in [0.2, 0.25) is 13.1 Å². The molecule has 137 valence electrons. The molecule has 0 radical (unpaired) electrons.